The number of hydrogen-bond donors (Lipinski definition) is 0. The molecule has 0 atom stereocenters. The summed E-state index contributed by atoms with van der Waals surface area (Å²) in [4.78, 5) is 34.9. The fraction of sp³-hybridized carbons (Fsp3) is 0. The second kappa shape index (κ2) is 8.78. The molecule has 200 valence electrons. The molecule has 41 heavy (non-hydrogen) atoms. The van der Waals surface area contributed by atoms with Gasteiger partial charge in [0.2, 0.25) is 17.4 Å². The van der Waals surface area contributed by atoms with Gasteiger partial charge in [0.1, 0.15) is 11.4 Å². The molecule has 0 bridgehead atoms. The minimum atomic E-state index is -2.32. The van der Waals surface area contributed by atoms with Crippen molar-refractivity contribution in [2.24, 2.45) is 0 Å². The molecule has 6 aromatic rings. The van der Waals surface area contributed by atoms with Crippen LogP contribution in [0.15, 0.2) is 76.7 Å². The van der Waals surface area contributed by atoms with Gasteiger partial charge < -0.3 is 4.42 Å². The Morgan fingerprint density at radius 1 is 0.683 bits per heavy atom. The molecule has 7 rings (SSSR count). The summed E-state index contributed by atoms with van der Waals surface area (Å²) in [5.74, 6) is -12.8. The quantitative estimate of drug-likeness (QED) is 0.0771. The van der Waals surface area contributed by atoms with Gasteiger partial charge in [-0.15, -0.1) is 0 Å². The van der Waals surface area contributed by atoms with Crippen LogP contribution in [0.5, 0.6) is 0 Å². The van der Waals surface area contributed by atoms with Crippen LogP contribution < -0.4 is 0 Å². The number of halogens is 5. The SMILES string of the molecule is O=C1C(=Cc2nc3oc(-c4c(F)c(F)c(F)c(F)c4F)nc3n2-c2ccccc2)C(=O)c2cc3ccccc3cc21. The van der Waals surface area contributed by atoms with Crippen molar-refractivity contribution in [1.82, 2.24) is 14.5 Å². The maximum atomic E-state index is 14.5. The molecule has 1 aliphatic rings. The maximum absolute atomic E-state index is 14.5. The molecule has 4 aromatic carbocycles. The molecule has 0 fully saturated rings. The summed E-state index contributed by atoms with van der Waals surface area (Å²) < 4.78 is 77.0. The van der Waals surface area contributed by atoms with Gasteiger partial charge >= 0.3 is 0 Å². The number of hydrogen-bond acceptors (Lipinski definition) is 5. The van der Waals surface area contributed by atoms with Crippen LogP contribution in [0.4, 0.5) is 22.0 Å². The van der Waals surface area contributed by atoms with Crippen LogP contribution >= 0.6 is 0 Å². The van der Waals surface area contributed by atoms with Crippen LogP contribution in [0.25, 0.3) is 45.4 Å². The van der Waals surface area contributed by atoms with Gasteiger partial charge in [-0.25, -0.2) is 22.0 Å². The number of carbonyl (C=O) groups is 2. The summed E-state index contributed by atoms with van der Waals surface area (Å²) in [7, 11) is 0. The minimum Gasteiger partial charge on any atom is -0.416 e. The number of allylic oxidation sites excluding steroid dienone is 1. The van der Waals surface area contributed by atoms with Crippen LogP contribution in [-0.4, -0.2) is 26.1 Å². The van der Waals surface area contributed by atoms with Crippen molar-refractivity contribution >= 4 is 39.8 Å². The van der Waals surface area contributed by atoms with Gasteiger partial charge in [0.05, 0.1) is 5.57 Å². The third-order valence-corrected chi connectivity index (χ3v) is 6.82. The number of nitrogens with zero attached hydrogens (tertiary/aromatic N) is 3. The topological polar surface area (TPSA) is 78.0 Å². The van der Waals surface area contributed by atoms with Gasteiger partial charge in [-0.05, 0) is 41.1 Å². The van der Waals surface area contributed by atoms with Gasteiger partial charge in [-0.1, -0.05) is 42.5 Å². The predicted octanol–water partition coefficient (Wildman–Crippen LogP) is 6.99. The molecule has 1 aliphatic carbocycles. The first-order valence-electron chi connectivity index (χ1n) is 12.0. The van der Waals surface area contributed by atoms with E-state index in [0.29, 0.717) is 5.69 Å². The number of carbonyl (C=O) groups excluding carboxylic acids is 2. The number of para-hydroxylation sites is 1. The van der Waals surface area contributed by atoms with E-state index in [9.17, 15) is 31.5 Å². The molecular weight excluding hydrogens is 545 g/mol. The lowest BCUT2D eigenvalue weighted by molar-refractivity contribution is 0.0990. The van der Waals surface area contributed by atoms with E-state index < -0.39 is 52.1 Å². The largest absolute Gasteiger partial charge is 0.416 e. The zero-order valence-corrected chi connectivity index (χ0v) is 20.4. The van der Waals surface area contributed by atoms with E-state index in [0.717, 1.165) is 10.8 Å². The molecule has 0 amide bonds. The van der Waals surface area contributed by atoms with Crippen molar-refractivity contribution in [1.29, 1.82) is 0 Å². The van der Waals surface area contributed by atoms with E-state index in [-0.39, 0.29) is 33.9 Å². The smallest absolute Gasteiger partial charge is 0.267 e. The maximum Gasteiger partial charge on any atom is 0.267 e. The molecule has 6 nitrogen and oxygen atoms in total. The lowest BCUT2D eigenvalue weighted by atomic mass is 10.0. The highest BCUT2D eigenvalue weighted by atomic mass is 19.2. The Kier molecular flexibility index (Phi) is 5.26. The van der Waals surface area contributed by atoms with E-state index in [1.807, 2.05) is 24.3 Å². The Labute approximate surface area is 226 Å². The van der Waals surface area contributed by atoms with E-state index in [4.69, 9.17) is 4.42 Å². The first kappa shape index (κ1) is 24.6. The van der Waals surface area contributed by atoms with E-state index in [1.165, 1.54) is 10.6 Å². The zero-order chi connectivity index (χ0) is 28.6. The number of ketones is 2. The molecule has 0 saturated carbocycles. The van der Waals surface area contributed by atoms with Gasteiger partial charge in [0, 0.05) is 16.8 Å². The first-order chi connectivity index (χ1) is 19.7. The van der Waals surface area contributed by atoms with Gasteiger partial charge in [-0.2, -0.15) is 9.97 Å². The van der Waals surface area contributed by atoms with Gasteiger partial charge in [0.25, 0.3) is 5.71 Å². The van der Waals surface area contributed by atoms with Gasteiger partial charge in [0.15, 0.2) is 34.8 Å². The zero-order valence-electron chi connectivity index (χ0n) is 20.4. The molecule has 0 N–H and O–H groups in total. The molecular formula is C30H12F5N3O3. The summed E-state index contributed by atoms with van der Waals surface area (Å²) in [5, 5.41) is 1.56. The number of Topliss-reactive ketones (excluding diaryl/α,β-unsaturated/α-hetero) is 2. The second-order valence-electron chi connectivity index (χ2n) is 9.19. The Bertz CT molecular complexity index is 2060. The first-order valence-corrected chi connectivity index (χ1v) is 12.0. The standard InChI is InChI=1S/C30H12F5N3O3/c31-21-20(22(32)24(34)25(35)23(21)33)29-37-28-30(41-29)36-19(38(28)15-8-2-1-3-9-15)12-18-26(39)16-10-13-6-4-5-7-14(13)11-17(16)27(18)40/h1-12H. The Balaban J connectivity index is 1.42. The lowest BCUT2D eigenvalue weighted by Gasteiger charge is -2.06. The minimum absolute atomic E-state index is 0.00970. The third kappa shape index (κ3) is 3.55. The molecule has 0 unspecified atom stereocenters. The van der Waals surface area contributed by atoms with Crippen LogP contribution in [0.2, 0.25) is 0 Å². The number of aromatic nitrogens is 3. The fourth-order valence-corrected chi connectivity index (χ4v) is 4.88. The highest BCUT2D eigenvalue weighted by Crippen LogP contribution is 2.36. The predicted molar refractivity (Wildman–Crippen MR) is 137 cm³/mol. The Hall–Kier alpha value is -5.45. The number of benzene rings is 4. The normalized spacial score (nSPS) is 13.0. The summed E-state index contributed by atoms with van der Waals surface area (Å²) in [6.07, 6.45) is 1.25. The Morgan fingerprint density at radius 2 is 1.22 bits per heavy atom. The van der Waals surface area contributed by atoms with E-state index in [1.54, 1.807) is 42.5 Å². The molecule has 11 heteroatoms. The second-order valence-corrected chi connectivity index (χ2v) is 9.19. The van der Waals surface area contributed by atoms with Crippen molar-refractivity contribution in [3.8, 4) is 17.1 Å². The van der Waals surface area contributed by atoms with E-state index >= 15 is 0 Å². The van der Waals surface area contributed by atoms with Crippen molar-refractivity contribution < 1.29 is 36.0 Å². The molecule has 2 aromatic heterocycles. The number of imidazole rings is 1. The lowest BCUT2D eigenvalue weighted by Crippen LogP contribution is -2.05. The fourth-order valence-electron chi connectivity index (χ4n) is 4.88. The number of fused-ring (bicyclic) bond motifs is 3. The number of oxazole rings is 1. The van der Waals surface area contributed by atoms with Crippen molar-refractivity contribution in [3.63, 3.8) is 0 Å². The Morgan fingerprint density at radius 3 is 1.80 bits per heavy atom. The van der Waals surface area contributed by atoms with Crippen LogP contribution in [0, 0.1) is 29.1 Å². The molecule has 0 aliphatic heterocycles. The summed E-state index contributed by atoms with van der Waals surface area (Å²) in [5.41, 5.74) is -1.16. The summed E-state index contributed by atoms with van der Waals surface area (Å²) >= 11 is 0. The van der Waals surface area contributed by atoms with Crippen molar-refractivity contribution in [2.75, 3.05) is 0 Å². The van der Waals surface area contributed by atoms with Gasteiger partial charge in [-0.3, -0.25) is 14.2 Å². The summed E-state index contributed by atoms with van der Waals surface area (Å²) in [6.45, 7) is 0. The molecule has 0 radical (unpaired) electrons. The molecule has 2 heterocycles. The van der Waals surface area contributed by atoms with Crippen molar-refractivity contribution in [2.45, 2.75) is 0 Å². The highest BCUT2D eigenvalue weighted by molar-refractivity contribution is 6.42. The van der Waals surface area contributed by atoms with Crippen LogP contribution in [-0.2, 0) is 0 Å². The summed E-state index contributed by atoms with van der Waals surface area (Å²) in [6, 6.07) is 18.8. The third-order valence-electron chi connectivity index (χ3n) is 6.82. The van der Waals surface area contributed by atoms with Crippen LogP contribution in [0.1, 0.15) is 26.5 Å². The molecule has 0 saturated heterocycles. The molecule has 0 spiro atoms. The average Bonchev–Trinajstić information content (AvgIpc) is 3.60. The van der Waals surface area contributed by atoms with Crippen LogP contribution in [0.3, 0.4) is 0 Å². The van der Waals surface area contributed by atoms with Crippen molar-refractivity contribution in [3.05, 3.63) is 118 Å². The monoisotopic (exact) mass is 557 g/mol. The van der Waals surface area contributed by atoms with E-state index in [2.05, 4.69) is 9.97 Å². The average molecular weight is 557 g/mol. The highest BCUT2D eigenvalue weighted by Gasteiger charge is 2.35. The number of rotatable bonds is 3.